The number of amides is 1. The Balaban J connectivity index is 1.86. The summed E-state index contributed by atoms with van der Waals surface area (Å²) in [4.78, 5) is 13.8. The zero-order valence-electron chi connectivity index (χ0n) is 11.6. The van der Waals surface area contributed by atoms with Crippen LogP contribution in [0.5, 0.6) is 0 Å². The number of hydrogen-bond acceptors (Lipinski definition) is 3. The van der Waals surface area contributed by atoms with Crippen molar-refractivity contribution in [1.82, 2.24) is 24.5 Å². The Kier molecular flexibility index (Phi) is 3.99. The summed E-state index contributed by atoms with van der Waals surface area (Å²) in [7, 11) is 3.69. The summed E-state index contributed by atoms with van der Waals surface area (Å²) < 4.78 is 3.62. The van der Waals surface area contributed by atoms with Gasteiger partial charge in [0.05, 0.1) is 12.2 Å². The van der Waals surface area contributed by atoms with Gasteiger partial charge in [0.15, 0.2) is 0 Å². The topological polar surface area (TPSA) is 56.0 Å². The van der Waals surface area contributed by atoms with Gasteiger partial charge in [0.25, 0.3) is 0 Å². The molecule has 0 aliphatic carbocycles. The molecule has 0 spiro atoms. The minimum absolute atomic E-state index is 0.108. The van der Waals surface area contributed by atoms with E-state index in [0.717, 1.165) is 11.4 Å². The highest BCUT2D eigenvalue weighted by molar-refractivity contribution is 5.75. The van der Waals surface area contributed by atoms with Gasteiger partial charge in [-0.2, -0.15) is 10.2 Å². The highest BCUT2D eigenvalue weighted by Crippen LogP contribution is 2.04. The van der Waals surface area contributed by atoms with Crippen LogP contribution in [0.1, 0.15) is 17.8 Å². The number of carbonyl (C=O) groups excluding carboxylic acids is 1. The van der Waals surface area contributed by atoms with E-state index < -0.39 is 0 Å². The molecule has 19 heavy (non-hydrogen) atoms. The summed E-state index contributed by atoms with van der Waals surface area (Å²) >= 11 is 0. The van der Waals surface area contributed by atoms with E-state index in [1.807, 2.05) is 37.8 Å². The third-order valence-electron chi connectivity index (χ3n) is 3.21. The van der Waals surface area contributed by atoms with E-state index in [-0.39, 0.29) is 5.91 Å². The fourth-order valence-corrected chi connectivity index (χ4v) is 1.91. The molecule has 0 fully saturated rings. The first-order valence-electron chi connectivity index (χ1n) is 6.27. The summed E-state index contributed by atoms with van der Waals surface area (Å²) in [6, 6.07) is 3.85. The fraction of sp³-hybridized carbons (Fsp3) is 0.462. The third kappa shape index (κ3) is 3.21. The maximum Gasteiger partial charge on any atom is 0.224 e. The van der Waals surface area contributed by atoms with E-state index in [1.54, 1.807) is 22.0 Å². The molecular formula is C13H19N5O. The van der Waals surface area contributed by atoms with E-state index in [9.17, 15) is 4.79 Å². The first kappa shape index (κ1) is 13.3. The van der Waals surface area contributed by atoms with E-state index in [1.165, 1.54) is 0 Å². The van der Waals surface area contributed by atoms with Gasteiger partial charge in [-0.1, -0.05) is 0 Å². The molecule has 0 saturated carbocycles. The van der Waals surface area contributed by atoms with Gasteiger partial charge in [0.1, 0.15) is 0 Å². The smallest absolute Gasteiger partial charge is 0.224 e. The Morgan fingerprint density at radius 1 is 1.32 bits per heavy atom. The van der Waals surface area contributed by atoms with Gasteiger partial charge < -0.3 is 4.90 Å². The zero-order valence-corrected chi connectivity index (χ0v) is 11.6. The average Bonchev–Trinajstić information content (AvgIpc) is 2.96. The quantitative estimate of drug-likeness (QED) is 0.806. The van der Waals surface area contributed by atoms with Crippen LogP contribution in [0.15, 0.2) is 24.5 Å². The van der Waals surface area contributed by atoms with Crippen LogP contribution in [-0.2, 0) is 24.9 Å². The third-order valence-corrected chi connectivity index (χ3v) is 3.21. The molecular weight excluding hydrogens is 242 g/mol. The Bertz CT molecular complexity index is 557. The highest BCUT2D eigenvalue weighted by atomic mass is 16.2. The summed E-state index contributed by atoms with van der Waals surface area (Å²) in [6.45, 7) is 3.18. The molecule has 0 saturated heterocycles. The molecule has 0 aliphatic rings. The van der Waals surface area contributed by atoms with Crippen molar-refractivity contribution in [3.63, 3.8) is 0 Å². The van der Waals surface area contributed by atoms with E-state index >= 15 is 0 Å². The summed E-state index contributed by atoms with van der Waals surface area (Å²) in [6.07, 6.45) is 3.94. The predicted octanol–water partition coefficient (Wildman–Crippen LogP) is 0.974. The number of rotatable bonds is 5. The lowest BCUT2D eigenvalue weighted by molar-refractivity contribution is -0.130. The van der Waals surface area contributed by atoms with Crippen molar-refractivity contribution < 1.29 is 4.79 Å². The monoisotopic (exact) mass is 261 g/mol. The van der Waals surface area contributed by atoms with Gasteiger partial charge in [-0.05, 0) is 19.1 Å². The van der Waals surface area contributed by atoms with Crippen molar-refractivity contribution in [2.45, 2.75) is 26.4 Å². The normalized spacial score (nSPS) is 10.7. The van der Waals surface area contributed by atoms with Crippen LogP contribution in [0.25, 0.3) is 0 Å². The molecule has 2 aromatic heterocycles. The van der Waals surface area contributed by atoms with Gasteiger partial charge in [-0.15, -0.1) is 0 Å². The molecule has 102 valence electrons. The van der Waals surface area contributed by atoms with Crippen molar-refractivity contribution in [3.8, 4) is 0 Å². The Labute approximate surface area is 112 Å². The maximum atomic E-state index is 12.0. The van der Waals surface area contributed by atoms with Gasteiger partial charge in [-0.25, -0.2) is 0 Å². The molecule has 1 amide bonds. The molecule has 0 aliphatic heterocycles. The Hall–Kier alpha value is -2.11. The second-order valence-electron chi connectivity index (χ2n) is 4.64. The molecule has 0 atom stereocenters. The predicted molar refractivity (Wildman–Crippen MR) is 71.3 cm³/mol. The van der Waals surface area contributed by atoms with Crippen LogP contribution in [0.2, 0.25) is 0 Å². The molecule has 2 rings (SSSR count). The molecule has 2 heterocycles. The van der Waals surface area contributed by atoms with Crippen LogP contribution in [0.3, 0.4) is 0 Å². The molecule has 0 aromatic carbocycles. The van der Waals surface area contributed by atoms with Crippen LogP contribution in [-0.4, -0.2) is 37.4 Å². The number of carbonyl (C=O) groups is 1. The molecule has 0 unspecified atom stereocenters. The van der Waals surface area contributed by atoms with E-state index in [2.05, 4.69) is 10.2 Å². The Morgan fingerprint density at radius 3 is 2.63 bits per heavy atom. The van der Waals surface area contributed by atoms with Crippen molar-refractivity contribution in [3.05, 3.63) is 35.9 Å². The number of nitrogens with zero attached hydrogens (tertiary/aromatic N) is 5. The van der Waals surface area contributed by atoms with E-state index in [0.29, 0.717) is 19.5 Å². The maximum absolute atomic E-state index is 12.0. The summed E-state index contributed by atoms with van der Waals surface area (Å²) in [5.41, 5.74) is 2.09. The van der Waals surface area contributed by atoms with Gasteiger partial charge >= 0.3 is 0 Å². The SMILES string of the molecule is Cc1ccnn1CCC(=O)N(C)Cc1ccnn1C. The minimum atomic E-state index is 0.108. The van der Waals surface area contributed by atoms with Gasteiger partial charge in [0.2, 0.25) is 5.91 Å². The molecule has 0 radical (unpaired) electrons. The number of aryl methyl sites for hydroxylation is 3. The lowest BCUT2D eigenvalue weighted by atomic mass is 10.3. The second-order valence-corrected chi connectivity index (χ2v) is 4.64. The van der Waals surface area contributed by atoms with Crippen LogP contribution in [0.4, 0.5) is 0 Å². The fourth-order valence-electron chi connectivity index (χ4n) is 1.91. The van der Waals surface area contributed by atoms with Crippen molar-refractivity contribution in [2.24, 2.45) is 7.05 Å². The lowest BCUT2D eigenvalue weighted by Gasteiger charge is -2.17. The van der Waals surface area contributed by atoms with Crippen molar-refractivity contribution in [1.29, 1.82) is 0 Å². The van der Waals surface area contributed by atoms with Gasteiger partial charge in [0, 0.05) is 45.1 Å². The summed E-state index contributed by atoms with van der Waals surface area (Å²) in [5, 5.41) is 8.26. The molecule has 6 heteroatoms. The molecule has 6 nitrogen and oxygen atoms in total. The van der Waals surface area contributed by atoms with E-state index in [4.69, 9.17) is 0 Å². The molecule has 2 aromatic rings. The van der Waals surface area contributed by atoms with Crippen LogP contribution >= 0.6 is 0 Å². The number of hydrogen-bond donors (Lipinski definition) is 0. The van der Waals surface area contributed by atoms with Crippen LogP contribution < -0.4 is 0 Å². The van der Waals surface area contributed by atoms with Crippen molar-refractivity contribution >= 4 is 5.91 Å². The van der Waals surface area contributed by atoms with Crippen LogP contribution in [0, 0.1) is 6.92 Å². The van der Waals surface area contributed by atoms with Gasteiger partial charge in [-0.3, -0.25) is 14.2 Å². The number of aromatic nitrogens is 4. The zero-order chi connectivity index (χ0) is 13.8. The largest absolute Gasteiger partial charge is 0.340 e. The average molecular weight is 261 g/mol. The lowest BCUT2D eigenvalue weighted by Crippen LogP contribution is -2.28. The first-order chi connectivity index (χ1) is 9.08. The first-order valence-corrected chi connectivity index (χ1v) is 6.27. The van der Waals surface area contributed by atoms with Crippen molar-refractivity contribution in [2.75, 3.05) is 7.05 Å². The minimum Gasteiger partial charge on any atom is -0.340 e. The Morgan fingerprint density at radius 2 is 2.05 bits per heavy atom. The highest BCUT2D eigenvalue weighted by Gasteiger charge is 2.11. The second kappa shape index (κ2) is 5.69. The standard InChI is InChI=1S/C13H19N5O/c1-11-4-7-15-18(11)9-6-13(19)16(2)10-12-5-8-14-17(12)3/h4-5,7-8H,6,9-10H2,1-3H3. The molecule has 0 N–H and O–H groups in total. The molecule has 0 bridgehead atoms. The summed E-state index contributed by atoms with van der Waals surface area (Å²) in [5.74, 6) is 0.108.